The Balaban J connectivity index is 2.49. The molecule has 0 aliphatic heterocycles. The summed E-state index contributed by atoms with van der Waals surface area (Å²) in [5.74, 6) is 0.310. The molecule has 0 aliphatic carbocycles. The highest BCUT2D eigenvalue weighted by Crippen LogP contribution is 2.28. The molecular formula is C11H8F3N3O2. The van der Waals surface area contributed by atoms with Gasteiger partial charge in [0.1, 0.15) is 5.69 Å². The van der Waals surface area contributed by atoms with Crippen molar-refractivity contribution in [3.63, 3.8) is 0 Å². The Labute approximate surface area is 105 Å². The minimum atomic E-state index is -4.64. The molecule has 0 spiro atoms. The monoisotopic (exact) mass is 271 g/mol. The summed E-state index contributed by atoms with van der Waals surface area (Å²) in [6.07, 6.45) is -3.36. The molecule has 8 heteroatoms. The minimum Gasteiger partial charge on any atom is -0.481 e. The van der Waals surface area contributed by atoms with Crippen LogP contribution in [0, 0.1) is 0 Å². The summed E-state index contributed by atoms with van der Waals surface area (Å²) < 4.78 is 42.5. The summed E-state index contributed by atoms with van der Waals surface area (Å²) in [7, 11) is 1.41. The second-order valence-electron chi connectivity index (χ2n) is 3.57. The molecule has 0 aliphatic rings. The lowest BCUT2D eigenvalue weighted by molar-refractivity contribution is -0.141. The molecule has 0 unspecified atom stereocenters. The summed E-state index contributed by atoms with van der Waals surface area (Å²) >= 11 is 0. The summed E-state index contributed by atoms with van der Waals surface area (Å²) in [4.78, 5) is 20.1. The zero-order chi connectivity index (χ0) is 14.0. The number of halogens is 3. The molecule has 2 rings (SSSR count). The molecule has 0 aromatic carbocycles. The van der Waals surface area contributed by atoms with Crippen molar-refractivity contribution in [3.05, 3.63) is 40.6 Å². The fraction of sp³-hybridized carbons (Fsp3) is 0.182. The highest BCUT2D eigenvalue weighted by Gasteiger charge is 2.32. The van der Waals surface area contributed by atoms with E-state index in [2.05, 4.69) is 9.97 Å². The number of pyridine rings is 1. The van der Waals surface area contributed by atoms with Crippen LogP contribution in [0.3, 0.4) is 0 Å². The molecule has 0 atom stereocenters. The van der Waals surface area contributed by atoms with Crippen LogP contribution < -0.4 is 10.4 Å². The van der Waals surface area contributed by atoms with E-state index in [-0.39, 0.29) is 11.3 Å². The van der Waals surface area contributed by atoms with Gasteiger partial charge in [-0.05, 0) is 12.1 Å². The van der Waals surface area contributed by atoms with Gasteiger partial charge in [0.05, 0.1) is 12.8 Å². The normalized spacial score (nSPS) is 11.4. The van der Waals surface area contributed by atoms with E-state index in [9.17, 15) is 18.0 Å². The maximum atomic E-state index is 12.5. The maximum absolute atomic E-state index is 12.5. The van der Waals surface area contributed by atoms with Gasteiger partial charge in [0.15, 0.2) is 0 Å². The fourth-order valence-electron chi connectivity index (χ4n) is 1.41. The van der Waals surface area contributed by atoms with Crippen molar-refractivity contribution in [3.8, 4) is 17.1 Å². The van der Waals surface area contributed by atoms with Gasteiger partial charge in [-0.25, -0.2) is 9.78 Å². The van der Waals surface area contributed by atoms with E-state index in [0.717, 1.165) is 6.07 Å². The van der Waals surface area contributed by atoms with Gasteiger partial charge in [0.2, 0.25) is 5.88 Å². The Morgan fingerprint density at radius 1 is 1.32 bits per heavy atom. The predicted molar refractivity (Wildman–Crippen MR) is 59.6 cm³/mol. The van der Waals surface area contributed by atoms with Crippen LogP contribution in [-0.4, -0.2) is 22.1 Å². The fourth-order valence-corrected chi connectivity index (χ4v) is 1.41. The molecule has 1 N–H and O–H groups in total. The largest absolute Gasteiger partial charge is 0.481 e. The highest BCUT2D eigenvalue weighted by atomic mass is 19.4. The van der Waals surface area contributed by atoms with Crippen LogP contribution in [0.2, 0.25) is 0 Å². The second kappa shape index (κ2) is 4.71. The molecule has 2 aromatic heterocycles. The zero-order valence-electron chi connectivity index (χ0n) is 9.65. The van der Waals surface area contributed by atoms with Gasteiger partial charge in [-0.1, -0.05) is 0 Å². The SMILES string of the molecule is COc1ccc(-c2cc(C(F)(F)F)[nH]c(=O)n2)cn1. The Bertz CT molecular complexity index is 635. The Hall–Kier alpha value is -2.38. The van der Waals surface area contributed by atoms with Gasteiger partial charge in [-0.2, -0.15) is 18.2 Å². The van der Waals surface area contributed by atoms with Crippen LogP contribution >= 0.6 is 0 Å². The molecule has 19 heavy (non-hydrogen) atoms. The molecule has 0 amide bonds. The average molecular weight is 271 g/mol. The van der Waals surface area contributed by atoms with Gasteiger partial charge in [0, 0.05) is 17.8 Å². The van der Waals surface area contributed by atoms with Crippen LogP contribution in [0.1, 0.15) is 5.69 Å². The van der Waals surface area contributed by atoms with Gasteiger partial charge < -0.3 is 9.72 Å². The average Bonchev–Trinajstić information content (AvgIpc) is 2.37. The number of H-pyrrole nitrogens is 1. The maximum Gasteiger partial charge on any atom is 0.431 e. The van der Waals surface area contributed by atoms with E-state index in [0.29, 0.717) is 5.88 Å². The number of methoxy groups -OCH3 is 1. The first kappa shape index (κ1) is 13.1. The third kappa shape index (κ3) is 2.90. The van der Waals surface area contributed by atoms with Crippen molar-refractivity contribution in [2.45, 2.75) is 6.18 Å². The van der Waals surface area contributed by atoms with Crippen molar-refractivity contribution >= 4 is 0 Å². The number of nitrogens with one attached hydrogen (secondary N) is 1. The zero-order valence-corrected chi connectivity index (χ0v) is 9.65. The molecule has 100 valence electrons. The van der Waals surface area contributed by atoms with Gasteiger partial charge in [-0.15, -0.1) is 0 Å². The topological polar surface area (TPSA) is 67.9 Å². The number of hydrogen-bond donors (Lipinski definition) is 1. The third-order valence-electron chi connectivity index (χ3n) is 2.29. The van der Waals surface area contributed by atoms with E-state index in [1.807, 2.05) is 0 Å². The van der Waals surface area contributed by atoms with Crippen molar-refractivity contribution in [2.24, 2.45) is 0 Å². The molecule has 0 radical (unpaired) electrons. The Kier molecular flexibility index (Phi) is 3.24. The lowest BCUT2D eigenvalue weighted by Crippen LogP contribution is -2.19. The number of aromatic nitrogens is 3. The van der Waals surface area contributed by atoms with Crippen LogP contribution in [-0.2, 0) is 6.18 Å². The number of rotatable bonds is 2. The van der Waals surface area contributed by atoms with Crippen molar-refractivity contribution in [2.75, 3.05) is 7.11 Å². The van der Waals surface area contributed by atoms with Crippen LogP contribution in [0.5, 0.6) is 5.88 Å². The van der Waals surface area contributed by atoms with Gasteiger partial charge >= 0.3 is 11.9 Å². The van der Waals surface area contributed by atoms with Crippen molar-refractivity contribution in [1.82, 2.24) is 15.0 Å². The lowest BCUT2D eigenvalue weighted by atomic mass is 10.2. The minimum absolute atomic E-state index is 0.105. The van der Waals surface area contributed by atoms with Crippen molar-refractivity contribution < 1.29 is 17.9 Å². The second-order valence-corrected chi connectivity index (χ2v) is 3.57. The molecule has 5 nitrogen and oxygen atoms in total. The predicted octanol–water partition coefficient (Wildman–Crippen LogP) is 1.86. The Morgan fingerprint density at radius 2 is 2.05 bits per heavy atom. The number of nitrogens with zero attached hydrogens (tertiary/aromatic N) is 2. The molecule has 0 bridgehead atoms. The molecule has 2 aromatic rings. The summed E-state index contributed by atoms with van der Waals surface area (Å²) in [6, 6.07) is 3.68. The molecule has 2 heterocycles. The summed E-state index contributed by atoms with van der Waals surface area (Å²) in [5, 5.41) is 0. The van der Waals surface area contributed by atoms with E-state index < -0.39 is 17.6 Å². The smallest absolute Gasteiger partial charge is 0.431 e. The van der Waals surface area contributed by atoms with E-state index in [1.54, 1.807) is 4.98 Å². The first-order valence-electron chi connectivity index (χ1n) is 5.09. The van der Waals surface area contributed by atoms with E-state index in [4.69, 9.17) is 4.74 Å². The van der Waals surface area contributed by atoms with Gasteiger partial charge in [-0.3, -0.25) is 0 Å². The third-order valence-corrected chi connectivity index (χ3v) is 2.29. The quantitative estimate of drug-likeness (QED) is 0.905. The highest BCUT2D eigenvalue weighted by molar-refractivity contribution is 5.58. The standard InChI is InChI=1S/C11H8F3N3O2/c1-19-9-3-2-6(5-15-9)7-4-8(11(12,13)14)17-10(18)16-7/h2-5H,1H3,(H,16,17,18). The Morgan fingerprint density at radius 3 is 2.58 bits per heavy atom. The van der Waals surface area contributed by atoms with Crippen LogP contribution in [0.15, 0.2) is 29.2 Å². The number of aromatic amines is 1. The van der Waals surface area contributed by atoms with Crippen molar-refractivity contribution in [1.29, 1.82) is 0 Å². The molecule has 0 saturated carbocycles. The molecule has 0 saturated heterocycles. The van der Waals surface area contributed by atoms with Gasteiger partial charge in [0.25, 0.3) is 0 Å². The van der Waals surface area contributed by atoms with E-state index in [1.165, 1.54) is 25.4 Å². The van der Waals surface area contributed by atoms with Crippen LogP contribution in [0.4, 0.5) is 13.2 Å². The lowest BCUT2D eigenvalue weighted by Gasteiger charge is -2.07. The first-order valence-corrected chi connectivity index (χ1v) is 5.09. The number of alkyl halides is 3. The summed E-state index contributed by atoms with van der Waals surface area (Å²) in [6.45, 7) is 0. The van der Waals surface area contributed by atoms with E-state index >= 15 is 0 Å². The first-order chi connectivity index (χ1) is 8.90. The molecular weight excluding hydrogens is 263 g/mol. The number of ether oxygens (including phenoxy) is 1. The summed E-state index contributed by atoms with van der Waals surface area (Å²) in [5.41, 5.74) is -2.04. The van der Waals surface area contributed by atoms with Crippen LogP contribution in [0.25, 0.3) is 11.3 Å². The number of hydrogen-bond acceptors (Lipinski definition) is 4. The molecule has 0 fully saturated rings.